The topological polar surface area (TPSA) is 134 Å². The van der Waals surface area contributed by atoms with Gasteiger partial charge in [-0.1, -0.05) is 61.5 Å². The maximum atomic E-state index is 13.7. The predicted molar refractivity (Wildman–Crippen MR) is 197 cm³/mol. The van der Waals surface area contributed by atoms with Crippen LogP contribution in [0.15, 0.2) is 95.5 Å². The number of anilines is 2. The van der Waals surface area contributed by atoms with E-state index >= 15 is 0 Å². The lowest BCUT2D eigenvalue weighted by Gasteiger charge is -2.25. The minimum absolute atomic E-state index is 0.0476. The molecular formula is C38H38N4O6S2. The van der Waals surface area contributed by atoms with E-state index in [0.29, 0.717) is 47.7 Å². The summed E-state index contributed by atoms with van der Waals surface area (Å²) in [5.41, 5.74) is 2.86. The minimum Gasteiger partial charge on any atom is -0.462 e. The molecule has 0 aliphatic carbocycles. The summed E-state index contributed by atoms with van der Waals surface area (Å²) >= 11 is 2.62. The van der Waals surface area contributed by atoms with Crippen molar-refractivity contribution < 1.29 is 28.7 Å². The van der Waals surface area contributed by atoms with Gasteiger partial charge in [-0.25, -0.2) is 4.79 Å². The Balaban J connectivity index is 1.31. The molecule has 258 valence electrons. The summed E-state index contributed by atoms with van der Waals surface area (Å²) < 4.78 is 5.34. The van der Waals surface area contributed by atoms with E-state index in [2.05, 4.69) is 16.0 Å². The van der Waals surface area contributed by atoms with Gasteiger partial charge in [0.05, 0.1) is 24.0 Å². The molecule has 1 atom stereocenters. The Labute approximate surface area is 299 Å². The van der Waals surface area contributed by atoms with E-state index in [9.17, 15) is 24.0 Å². The van der Waals surface area contributed by atoms with E-state index in [1.54, 1.807) is 60.4 Å². The van der Waals surface area contributed by atoms with Gasteiger partial charge < -0.3 is 25.6 Å². The highest BCUT2D eigenvalue weighted by molar-refractivity contribution is 8.00. The number of amides is 4. The molecule has 0 saturated carbocycles. The smallest absolute Gasteiger partial charge is 0.341 e. The van der Waals surface area contributed by atoms with Gasteiger partial charge in [0.2, 0.25) is 11.8 Å². The summed E-state index contributed by atoms with van der Waals surface area (Å²) in [5, 5.41) is 8.49. The molecule has 4 aromatic rings. The fourth-order valence-electron chi connectivity index (χ4n) is 5.36. The molecule has 0 fully saturated rings. The zero-order valence-electron chi connectivity index (χ0n) is 28.0. The molecule has 0 saturated heterocycles. The monoisotopic (exact) mass is 710 g/mol. The van der Waals surface area contributed by atoms with Crippen LogP contribution in [0, 0.1) is 0 Å². The first-order valence-electron chi connectivity index (χ1n) is 16.3. The number of hydrogen-bond donors (Lipinski definition) is 3. The number of hydrogen-bond acceptors (Lipinski definition) is 8. The van der Waals surface area contributed by atoms with Crippen molar-refractivity contribution in [1.29, 1.82) is 0 Å². The summed E-state index contributed by atoms with van der Waals surface area (Å²) in [4.78, 5) is 68.5. The molecule has 0 spiro atoms. The van der Waals surface area contributed by atoms with E-state index < -0.39 is 23.0 Å². The molecule has 50 heavy (non-hydrogen) atoms. The summed E-state index contributed by atoms with van der Waals surface area (Å²) in [5.74, 6) is -1.76. The van der Waals surface area contributed by atoms with Crippen molar-refractivity contribution in [2.75, 3.05) is 23.8 Å². The zero-order valence-corrected chi connectivity index (χ0v) is 29.6. The molecule has 1 unspecified atom stereocenters. The van der Waals surface area contributed by atoms with Crippen molar-refractivity contribution in [3.8, 4) is 0 Å². The zero-order chi connectivity index (χ0) is 35.6. The second-order valence-corrected chi connectivity index (χ2v) is 13.8. The quantitative estimate of drug-likeness (QED) is 0.0842. The fourth-order valence-corrected chi connectivity index (χ4v) is 7.63. The number of thioether (sulfide) groups is 1. The lowest BCUT2D eigenvalue weighted by Crippen LogP contribution is -2.34. The van der Waals surface area contributed by atoms with E-state index in [4.69, 9.17) is 4.74 Å². The number of carbonyl (C=O) groups excluding carboxylic acids is 5. The minimum atomic E-state index is -0.525. The fraction of sp³-hybridized carbons (Fsp3) is 0.237. The number of fused-ring (bicyclic) bond motifs is 1. The van der Waals surface area contributed by atoms with Crippen LogP contribution in [-0.2, 0) is 32.1 Å². The van der Waals surface area contributed by atoms with Crippen molar-refractivity contribution in [3.63, 3.8) is 0 Å². The highest BCUT2D eigenvalue weighted by Gasteiger charge is 2.31. The van der Waals surface area contributed by atoms with Crippen LogP contribution in [0.4, 0.5) is 10.7 Å². The molecule has 1 aliphatic heterocycles. The lowest BCUT2D eigenvalue weighted by atomic mass is 10.0. The van der Waals surface area contributed by atoms with E-state index in [0.717, 1.165) is 20.9 Å². The van der Waals surface area contributed by atoms with Gasteiger partial charge in [-0.3, -0.25) is 19.2 Å². The van der Waals surface area contributed by atoms with Crippen LogP contribution in [0.3, 0.4) is 0 Å². The lowest BCUT2D eigenvalue weighted by molar-refractivity contribution is -0.129. The standard InChI is InChI=1S/C38H38N4O6S2/c1-4-31(36(46)41-37-33(38(47)48-5-2)29-19-20-42(24(3)43)23-32(29)50-37)49-28-18-12-17-27(22-28)39-35(45)30(21-25-13-8-6-9-14-25)40-34(44)26-15-10-7-11-16-26/h6-18,21-22,31H,4-5,19-20,23H2,1-3H3,(H,39,45)(H,40,44)(H,41,46)/b30-21-. The summed E-state index contributed by atoms with van der Waals surface area (Å²) in [6, 6.07) is 25.0. The van der Waals surface area contributed by atoms with Crippen molar-refractivity contribution in [3.05, 3.63) is 118 Å². The van der Waals surface area contributed by atoms with Crippen LogP contribution in [0.5, 0.6) is 0 Å². The number of carbonyl (C=O) groups is 5. The molecule has 1 aliphatic rings. The molecule has 3 aromatic carbocycles. The van der Waals surface area contributed by atoms with Gasteiger partial charge >= 0.3 is 5.97 Å². The van der Waals surface area contributed by atoms with Crippen LogP contribution in [0.1, 0.15) is 63.9 Å². The van der Waals surface area contributed by atoms with Gasteiger partial charge in [0.15, 0.2) is 0 Å². The van der Waals surface area contributed by atoms with Crippen molar-refractivity contribution in [2.45, 2.75) is 50.3 Å². The first-order valence-corrected chi connectivity index (χ1v) is 18.0. The molecule has 3 N–H and O–H groups in total. The average Bonchev–Trinajstić information content (AvgIpc) is 3.48. The highest BCUT2D eigenvalue weighted by atomic mass is 32.2. The average molecular weight is 711 g/mol. The molecule has 4 amide bonds. The normalized spacial score (nSPS) is 13.1. The Kier molecular flexibility index (Phi) is 12.2. The van der Waals surface area contributed by atoms with Crippen LogP contribution < -0.4 is 16.0 Å². The second-order valence-electron chi connectivity index (χ2n) is 11.4. The van der Waals surface area contributed by atoms with Gasteiger partial charge in [-0.05, 0) is 67.3 Å². The van der Waals surface area contributed by atoms with E-state index in [1.807, 2.05) is 49.4 Å². The highest BCUT2D eigenvalue weighted by Crippen LogP contribution is 2.38. The number of nitrogens with one attached hydrogen (secondary N) is 3. The number of benzene rings is 3. The maximum Gasteiger partial charge on any atom is 0.341 e. The second kappa shape index (κ2) is 17.0. The number of nitrogens with zero attached hydrogens (tertiary/aromatic N) is 1. The van der Waals surface area contributed by atoms with Crippen LogP contribution in [-0.4, -0.2) is 52.9 Å². The van der Waals surface area contributed by atoms with Gasteiger partial charge in [0.25, 0.3) is 11.8 Å². The first kappa shape index (κ1) is 36.1. The third-order valence-corrected chi connectivity index (χ3v) is 10.4. The van der Waals surface area contributed by atoms with E-state index in [-0.39, 0.29) is 24.1 Å². The number of rotatable bonds is 12. The van der Waals surface area contributed by atoms with Crippen molar-refractivity contribution >= 4 is 69.5 Å². The SMILES string of the molecule is CCOC(=O)c1c(NC(=O)C(CC)Sc2cccc(NC(=O)/C(=C/c3ccccc3)NC(=O)c3ccccc3)c2)sc2c1CCN(C(C)=O)C2. The summed E-state index contributed by atoms with van der Waals surface area (Å²) in [7, 11) is 0. The molecule has 1 aromatic heterocycles. The molecule has 10 nitrogen and oxygen atoms in total. The maximum absolute atomic E-state index is 13.7. The third kappa shape index (κ3) is 9.07. The number of thiophene rings is 1. The molecular weight excluding hydrogens is 673 g/mol. The number of esters is 1. The Morgan fingerprint density at radius 1 is 0.940 bits per heavy atom. The van der Waals surface area contributed by atoms with Crippen LogP contribution in [0.25, 0.3) is 6.08 Å². The largest absolute Gasteiger partial charge is 0.462 e. The third-order valence-electron chi connectivity index (χ3n) is 7.89. The van der Waals surface area contributed by atoms with Gasteiger partial charge in [-0.15, -0.1) is 23.1 Å². The number of ether oxygens (including phenoxy) is 1. The molecule has 0 radical (unpaired) electrons. The molecule has 0 bridgehead atoms. The van der Waals surface area contributed by atoms with E-state index in [1.165, 1.54) is 30.0 Å². The van der Waals surface area contributed by atoms with Crippen molar-refractivity contribution in [1.82, 2.24) is 10.2 Å². The molecule has 2 heterocycles. The molecule has 5 rings (SSSR count). The molecule has 12 heteroatoms. The Morgan fingerprint density at radius 2 is 1.66 bits per heavy atom. The van der Waals surface area contributed by atoms with Crippen LogP contribution in [0.2, 0.25) is 0 Å². The Morgan fingerprint density at radius 3 is 2.34 bits per heavy atom. The Hall–Kier alpha value is -5.20. The van der Waals surface area contributed by atoms with Crippen molar-refractivity contribution in [2.24, 2.45) is 0 Å². The summed E-state index contributed by atoms with van der Waals surface area (Å²) in [6.45, 7) is 6.20. The predicted octanol–water partition coefficient (Wildman–Crippen LogP) is 6.75. The van der Waals surface area contributed by atoms with Gasteiger partial charge in [-0.2, -0.15) is 0 Å². The van der Waals surface area contributed by atoms with Gasteiger partial charge in [0.1, 0.15) is 10.7 Å². The van der Waals surface area contributed by atoms with Gasteiger partial charge in [0, 0.05) is 34.5 Å². The first-order chi connectivity index (χ1) is 24.2. The summed E-state index contributed by atoms with van der Waals surface area (Å²) in [6.07, 6.45) is 2.59. The Bertz CT molecular complexity index is 1910. The van der Waals surface area contributed by atoms with Crippen LogP contribution >= 0.6 is 23.1 Å².